The molecule has 0 radical (unpaired) electrons. The van der Waals surface area contributed by atoms with Crippen molar-refractivity contribution < 1.29 is 9.53 Å². The Morgan fingerprint density at radius 3 is 2.23 bits per heavy atom. The van der Waals surface area contributed by atoms with E-state index in [2.05, 4.69) is 10.5 Å². The molecule has 1 amide bonds. The minimum atomic E-state index is -0.719. The van der Waals surface area contributed by atoms with Gasteiger partial charge in [-0.15, -0.1) is 0 Å². The van der Waals surface area contributed by atoms with E-state index < -0.39 is 6.10 Å². The van der Waals surface area contributed by atoms with Crippen molar-refractivity contribution in [1.82, 2.24) is 5.43 Å². The SMILES string of the molecule is CC(C)C(=NNC(=O)C(C)Oc1ccc(Cl)cc1Cl)C(C)C. The van der Waals surface area contributed by atoms with E-state index in [4.69, 9.17) is 27.9 Å². The first-order chi connectivity index (χ1) is 10.2. The van der Waals surface area contributed by atoms with Crippen molar-refractivity contribution in [3.63, 3.8) is 0 Å². The highest BCUT2D eigenvalue weighted by Gasteiger charge is 2.17. The molecular weight excluding hydrogens is 323 g/mol. The van der Waals surface area contributed by atoms with Gasteiger partial charge in [-0.1, -0.05) is 50.9 Å². The first-order valence-corrected chi connectivity index (χ1v) is 7.97. The van der Waals surface area contributed by atoms with Gasteiger partial charge in [-0.3, -0.25) is 4.79 Å². The fourth-order valence-electron chi connectivity index (χ4n) is 1.95. The third kappa shape index (κ3) is 5.50. The van der Waals surface area contributed by atoms with E-state index in [1.165, 1.54) is 0 Å². The Bertz CT molecular complexity index is 547. The molecule has 0 aliphatic carbocycles. The van der Waals surface area contributed by atoms with Crippen molar-refractivity contribution in [2.75, 3.05) is 0 Å². The van der Waals surface area contributed by atoms with E-state index in [0.717, 1.165) is 5.71 Å². The molecule has 1 aromatic carbocycles. The van der Waals surface area contributed by atoms with Gasteiger partial charge in [-0.2, -0.15) is 5.10 Å². The van der Waals surface area contributed by atoms with Gasteiger partial charge >= 0.3 is 0 Å². The molecule has 0 fully saturated rings. The summed E-state index contributed by atoms with van der Waals surface area (Å²) in [6.45, 7) is 9.80. The number of benzene rings is 1. The highest BCUT2D eigenvalue weighted by atomic mass is 35.5. The molecule has 1 N–H and O–H groups in total. The molecule has 6 heteroatoms. The number of hydrazone groups is 1. The Morgan fingerprint density at radius 2 is 1.73 bits per heavy atom. The number of hydrogen-bond acceptors (Lipinski definition) is 3. The zero-order valence-electron chi connectivity index (χ0n) is 13.5. The zero-order chi connectivity index (χ0) is 16.9. The molecule has 1 rings (SSSR count). The molecule has 0 aromatic heterocycles. The molecule has 0 spiro atoms. The summed E-state index contributed by atoms with van der Waals surface area (Å²) >= 11 is 11.8. The number of halogens is 2. The van der Waals surface area contributed by atoms with E-state index in [-0.39, 0.29) is 17.7 Å². The lowest BCUT2D eigenvalue weighted by molar-refractivity contribution is -0.127. The third-order valence-corrected chi connectivity index (χ3v) is 3.58. The number of ether oxygens (including phenoxy) is 1. The molecule has 22 heavy (non-hydrogen) atoms. The zero-order valence-corrected chi connectivity index (χ0v) is 15.0. The van der Waals surface area contributed by atoms with E-state index >= 15 is 0 Å². The van der Waals surface area contributed by atoms with Gasteiger partial charge < -0.3 is 4.74 Å². The maximum atomic E-state index is 12.1. The van der Waals surface area contributed by atoms with Gasteiger partial charge in [0.25, 0.3) is 5.91 Å². The van der Waals surface area contributed by atoms with Crippen LogP contribution in [0.15, 0.2) is 23.3 Å². The fourth-order valence-corrected chi connectivity index (χ4v) is 2.40. The fraction of sp³-hybridized carbons (Fsp3) is 0.500. The van der Waals surface area contributed by atoms with Crippen molar-refractivity contribution in [2.24, 2.45) is 16.9 Å². The van der Waals surface area contributed by atoms with Gasteiger partial charge in [0, 0.05) is 10.7 Å². The van der Waals surface area contributed by atoms with Crippen LogP contribution in [0.2, 0.25) is 10.0 Å². The number of rotatable bonds is 6. The molecule has 0 bridgehead atoms. The van der Waals surface area contributed by atoms with Crippen LogP contribution in [0.3, 0.4) is 0 Å². The molecule has 122 valence electrons. The van der Waals surface area contributed by atoms with Crippen LogP contribution < -0.4 is 10.2 Å². The lowest BCUT2D eigenvalue weighted by Crippen LogP contribution is -2.35. The largest absolute Gasteiger partial charge is 0.479 e. The number of carbonyl (C=O) groups is 1. The Labute approximate surface area is 141 Å². The predicted octanol–water partition coefficient (Wildman–Crippen LogP) is 4.54. The lowest BCUT2D eigenvalue weighted by atomic mass is 9.98. The molecule has 1 unspecified atom stereocenters. The molecule has 1 aromatic rings. The summed E-state index contributed by atoms with van der Waals surface area (Å²) in [5.41, 5.74) is 3.49. The number of nitrogens with zero attached hydrogens (tertiary/aromatic N) is 1. The molecule has 0 aliphatic heterocycles. The summed E-state index contributed by atoms with van der Waals surface area (Å²) in [6.07, 6.45) is -0.719. The minimum absolute atomic E-state index is 0.266. The van der Waals surface area contributed by atoms with Crippen LogP contribution >= 0.6 is 23.2 Å². The van der Waals surface area contributed by atoms with E-state index in [1.807, 2.05) is 27.7 Å². The average molecular weight is 345 g/mol. The summed E-state index contributed by atoms with van der Waals surface area (Å²) in [7, 11) is 0. The van der Waals surface area contributed by atoms with Crippen LogP contribution in [-0.2, 0) is 4.79 Å². The Balaban J connectivity index is 2.71. The predicted molar refractivity (Wildman–Crippen MR) is 91.8 cm³/mol. The summed E-state index contributed by atoms with van der Waals surface area (Å²) in [5.74, 6) is 0.611. The molecule has 0 aliphatic rings. The van der Waals surface area contributed by atoms with Crippen LogP contribution in [0, 0.1) is 11.8 Å². The maximum absolute atomic E-state index is 12.1. The Kier molecular flexibility index (Phi) is 7.17. The second-order valence-electron chi connectivity index (χ2n) is 5.66. The second-order valence-corrected chi connectivity index (χ2v) is 6.50. The van der Waals surface area contributed by atoms with E-state index in [0.29, 0.717) is 15.8 Å². The van der Waals surface area contributed by atoms with E-state index in [1.54, 1.807) is 25.1 Å². The molecule has 0 saturated carbocycles. The third-order valence-electron chi connectivity index (χ3n) is 3.05. The van der Waals surface area contributed by atoms with Crippen molar-refractivity contribution in [1.29, 1.82) is 0 Å². The van der Waals surface area contributed by atoms with Crippen LogP contribution in [0.1, 0.15) is 34.6 Å². The van der Waals surface area contributed by atoms with Gasteiger partial charge in [-0.05, 0) is 37.0 Å². The number of carbonyl (C=O) groups excluding carboxylic acids is 1. The molecule has 4 nitrogen and oxygen atoms in total. The normalized spacial score (nSPS) is 12.2. The van der Waals surface area contributed by atoms with Gasteiger partial charge in [0.1, 0.15) is 5.75 Å². The van der Waals surface area contributed by atoms with Crippen LogP contribution in [-0.4, -0.2) is 17.7 Å². The number of hydrogen-bond donors (Lipinski definition) is 1. The van der Waals surface area contributed by atoms with Crippen molar-refractivity contribution in [3.05, 3.63) is 28.2 Å². The maximum Gasteiger partial charge on any atom is 0.280 e. The number of nitrogens with one attached hydrogen (secondary N) is 1. The van der Waals surface area contributed by atoms with Crippen molar-refractivity contribution >= 4 is 34.8 Å². The summed E-state index contributed by atoms with van der Waals surface area (Å²) in [4.78, 5) is 12.1. The monoisotopic (exact) mass is 344 g/mol. The first-order valence-electron chi connectivity index (χ1n) is 7.21. The first kappa shape index (κ1) is 18.8. The average Bonchev–Trinajstić information content (AvgIpc) is 2.40. The standard InChI is InChI=1S/C16H22Cl2N2O2/c1-9(2)15(10(3)4)19-20-16(21)11(5)22-14-7-6-12(17)8-13(14)18/h6-11H,1-5H3,(H,20,21). The van der Waals surface area contributed by atoms with Crippen LogP contribution in [0.4, 0.5) is 0 Å². The van der Waals surface area contributed by atoms with Crippen molar-refractivity contribution in [3.8, 4) is 5.75 Å². The quantitative estimate of drug-likeness (QED) is 0.608. The molecular formula is C16H22Cl2N2O2. The molecule has 0 saturated heterocycles. The topological polar surface area (TPSA) is 50.7 Å². The Morgan fingerprint density at radius 1 is 1.14 bits per heavy atom. The number of amides is 1. The lowest BCUT2D eigenvalue weighted by Gasteiger charge is -2.17. The smallest absolute Gasteiger partial charge is 0.280 e. The summed E-state index contributed by atoms with van der Waals surface area (Å²) in [5, 5.41) is 5.08. The van der Waals surface area contributed by atoms with E-state index in [9.17, 15) is 4.79 Å². The summed E-state index contributed by atoms with van der Waals surface area (Å²) in [6, 6.07) is 4.85. The highest BCUT2D eigenvalue weighted by molar-refractivity contribution is 6.35. The molecule has 1 atom stereocenters. The van der Waals surface area contributed by atoms with Gasteiger partial charge in [0.05, 0.1) is 5.02 Å². The Hall–Kier alpha value is -1.26. The van der Waals surface area contributed by atoms with Gasteiger partial charge in [0.2, 0.25) is 0 Å². The van der Waals surface area contributed by atoms with Crippen molar-refractivity contribution in [2.45, 2.75) is 40.7 Å². The minimum Gasteiger partial charge on any atom is -0.479 e. The van der Waals surface area contributed by atoms with Gasteiger partial charge in [-0.25, -0.2) is 5.43 Å². The molecule has 0 heterocycles. The van der Waals surface area contributed by atoms with Gasteiger partial charge in [0.15, 0.2) is 6.10 Å². The van der Waals surface area contributed by atoms with Crippen LogP contribution in [0.25, 0.3) is 0 Å². The van der Waals surface area contributed by atoms with Crippen LogP contribution in [0.5, 0.6) is 5.75 Å². The highest BCUT2D eigenvalue weighted by Crippen LogP contribution is 2.28. The second kappa shape index (κ2) is 8.39. The summed E-state index contributed by atoms with van der Waals surface area (Å²) < 4.78 is 5.54.